The summed E-state index contributed by atoms with van der Waals surface area (Å²) in [5, 5.41) is 4.90. The van der Waals surface area contributed by atoms with Gasteiger partial charge in [-0.25, -0.2) is 21.8 Å². The van der Waals surface area contributed by atoms with Crippen molar-refractivity contribution in [2.24, 2.45) is 4.40 Å². The normalized spacial score (nSPS) is 17.4. The number of amides is 1. The molecule has 0 radical (unpaired) electrons. The first-order valence-corrected chi connectivity index (χ1v) is 13.3. The molecular formula is C18H17N5O5S3. The third-order valence-corrected chi connectivity index (χ3v) is 6.82. The van der Waals surface area contributed by atoms with E-state index in [1.807, 2.05) is 0 Å². The Balaban J connectivity index is 1.44. The van der Waals surface area contributed by atoms with Gasteiger partial charge in [-0.3, -0.25) is 14.8 Å². The molecule has 2 N–H and O–H groups in total. The number of anilines is 2. The summed E-state index contributed by atoms with van der Waals surface area (Å²) in [4.78, 5) is 18.6. The molecule has 2 aliphatic rings. The van der Waals surface area contributed by atoms with Crippen molar-refractivity contribution in [1.82, 2.24) is 9.88 Å². The first-order chi connectivity index (χ1) is 14.6. The Morgan fingerprint density at radius 3 is 2.65 bits per heavy atom. The Bertz CT molecular complexity index is 1340. The second-order valence-electron chi connectivity index (χ2n) is 6.79. The van der Waals surface area contributed by atoms with E-state index in [0.29, 0.717) is 22.1 Å². The first kappa shape index (κ1) is 21.2. The zero-order valence-corrected chi connectivity index (χ0v) is 18.6. The number of sulfonamides is 2. The maximum atomic E-state index is 12.6. The number of benzene rings is 1. The van der Waals surface area contributed by atoms with Crippen LogP contribution in [0.3, 0.4) is 0 Å². The van der Waals surface area contributed by atoms with Crippen molar-refractivity contribution in [3.8, 4) is 11.3 Å². The van der Waals surface area contributed by atoms with E-state index in [0.717, 1.165) is 11.8 Å². The highest BCUT2D eigenvalue weighted by atomic mass is 32.2. The molecule has 1 aromatic heterocycles. The zero-order valence-electron chi connectivity index (χ0n) is 16.1. The number of carbonyl (C=O) groups excluding carboxylic acids is 1. The quantitative estimate of drug-likeness (QED) is 0.664. The molecule has 0 bridgehead atoms. The fourth-order valence-electron chi connectivity index (χ4n) is 2.89. The minimum absolute atomic E-state index is 0.107. The highest BCUT2D eigenvalue weighted by Gasteiger charge is 2.25. The second kappa shape index (κ2) is 7.90. The van der Waals surface area contributed by atoms with Gasteiger partial charge >= 0.3 is 0 Å². The fraction of sp³-hybridized carbons (Fsp3) is 0.167. The molecule has 1 amide bonds. The van der Waals surface area contributed by atoms with E-state index < -0.39 is 20.0 Å². The van der Waals surface area contributed by atoms with Crippen LogP contribution in [0.15, 0.2) is 58.0 Å². The number of fused-ring (bicyclic) bond motifs is 1. The number of rotatable bonds is 5. The smallest absolute Gasteiger partial charge is 0.258 e. The van der Waals surface area contributed by atoms with Gasteiger partial charge < -0.3 is 4.90 Å². The summed E-state index contributed by atoms with van der Waals surface area (Å²) in [6.07, 6.45) is 5.64. The Hall–Kier alpha value is -3.03. The van der Waals surface area contributed by atoms with Crippen molar-refractivity contribution in [1.29, 1.82) is 0 Å². The van der Waals surface area contributed by atoms with Crippen molar-refractivity contribution in [2.75, 3.05) is 28.6 Å². The SMILES string of the molecule is CS(=O)(=O)Nc1ccc(-c2csc(NC(=O)C3=CN4CCS(=O)(=O)N=C4C=C3)n2)cc1. The molecule has 0 saturated heterocycles. The summed E-state index contributed by atoms with van der Waals surface area (Å²) in [5.74, 6) is -0.199. The van der Waals surface area contributed by atoms with E-state index >= 15 is 0 Å². The molecule has 2 aromatic rings. The third kappa shape index (κ3) is 5.18. The predicted molar refractivity (Wildman–Crippen MR) is 120 cm³/mol. The molecule has 0 spiro atoms. The van der Waals surface area contributed by atoms with Gasteiger partial charge in [0, 0.05) is 29.4 Å². The summed E-state index contributed by atoms with van der Waals surface area (Å²) < 4.78 is 51.8. The first-order valence-electron chi connectivity index (χ1n) is 8.92. The molecule has 0 unspecified atom stereocenters. The Morgan fingerprint density at radius 1 is 1.19 bits per heavy atom. The molecule has 10 nitrogen and oxygen atoms in total. The van der Waals surface area contributed by atoms with Crippen LogP contribution in [0.5, 0.6) is 0 Å². The molecule has 4 rings (SSSR count). The van der Waals surface area contributed by atoms with Gasteiger partial charge in [0.05, 0.1) is 23.3 Å². The number of nitrogens with one attached hydrogen (secondary N) is 2. The summed E-state index contributed by atoms with van der Waals surface area (Å²) in [7, 11) is -6.80. The molecule has 3 heterocycles. The minimum Gasteiger partial charge on any atom is -0.330 e. The molecule has 31 heavy (non-hydrogen) atoms. The van der Waals surface area contributed by atoms with Gasteiger partial charge in [0.25, 0.3) is 15.9 Å². The van der Waals surface area contributed by atoms with E-state index in [-0.39, 0.29) is 24.0 Å². The molecule has 162 valence electrons. The molecular weight excluding hydrogens is 462 g/mol. The number of nitrogens with zero attached hydrogens (tertiary/aromatic N) is 3. The van der Waals surface area contributed by atoms with Crippen molar-refractivity contribution in [3.63, 3.8) is 0 Å². The topological polar surface area (TPSA) is 138 Å². The zero-order chi connectivity index (χ0) is 22.2. The van der Waals surface area contributed by atoms with Crippen molar-refractivity contribution in [3.05, 3.63) is 53.6 Å². The summed E-state index contributed by atoms with van der Waals surface area (Å²) in [6, 6.07) is 6.71. The highest BCUT2D eigenvalue weighted by Crippen LogP contribution is 2.27. The van der Waals surface area contributed by atoms with Gasteiger partial charge in [0.1, 0.15) is 5.84 Å². The summed E-state index contributed by atoms with van der Waals surface area (Å²) in [6.45, 7) is 0.230. The van der Waals surface area contributed by atoms with Crippen LogP contribution in [0.1, 0.15) is 0 Å². The van der Waals surface area contributed by atoms with Crippen molar-refractivity contribution >= 4 is 53.9 Å². The Morgan fingerprint density at radius 2 is 1.94 bits per heavy atom. The highest BCUT2D eigenvalue weighted by molar-refractivity contribution is 7.92. The lowest BCUT2D eigenvalue weighted by Gasteiger charge is -2.26. The van der Waals surface area contributed by atoms with Crippen molar-refractivity contribution < 1.29 is 21.6 Å². The molecule has 0 aliphatic carbocycles. The summed E-state index contributed by atoms with van der Waals surface area (Å²) in [5.41, 5.74) is 2.20. The monoisotopic (exact) mass is 479 g/mol. The average molecular weight is 480 g/mol. The number of thiazole rings is 1. The van der Waals surface area contributed by atoms with Crippen LogP contribution in [0.4, 0.5) is 10.8 Å². The average Bonchev–Trinajstić information content (AvgIpc) is 3.14. The van der Waals surface area contributed by atoms with Gasteiger partial charge in [-0.1, -0.05) is 12.1 Å². The maximum absolute atomic E-state index is 12.6. The fourth-order valence-corrected chi connectivity index (χ4v) is 5.14. The van der Waals surface area contributed by atoms with E-state index in [1.165, 1.54) is 23.5 Å². The predicted octanol–water partition coefficient (Wildman–Crippen LogP) is 1.62. The van der Waals surface area contributed by atoms with Gasteiger partial charge in [0.15, 0.2) is 5.13 Å². The standard InChI is InChI=1S/C18H17N5O5S3/c1-30(25,26)21-14-5-2-12(3-6-14)15-11-29-18(19-15)20-17(24)13-4-7-16-22-31(27,28)9-8-23(16)10-13/h2-7,10-11,21H,8-9H2,1H3,(H,19,20,24). The Labute approximate surface area is 183 Å². The number of hydrogen-bond acceptors (Lipinski definition) is 8. The molecule has 0 atom stereocenters. The van der Waals surface area contributed by atoms with Crippen LogP contribution in [-0.2, 0) is 24.8 Å². The number of hydrogen-bond donors (Lipinski definition) is 2. The van der Waals surface area contributed by atoms with Crippen LogP contribution in [0, 0.1) is 0 Å². The van der Waals surface area contributed by atoms with E-state index in [1.54, 1.807) is 40.7 Å². The number of amidine groups is 1. The van der Waals surface area contributed by atoms with E-state index in [4.69, 9.17) is 0 Å². The lowest BCUT2D eigenvalue weighted by Crippen LogP contribution is -2.37. The van der Waals surface area contributed by atoms with Gasteiger partial charge in [-0.05, 0) is 24.3 Å². The van der Waals surface area contributed by atoms with Crippen LogP contribution in [0.2, 0.25) is 0 Å². The molecule has 13 heteroatoms. The van der Waals surface area contributed by atoms with E-state index in [9.17, 15) is 21.6 Å². The lowest BCUT2D eigenvalue weighted by molar-refractivity contribution is -0.112. The number of aromatic nitrogens is 1. The second-order valence-corrected chi connectivity index (χ2v) is 11.2. The third-order valence-electron chi connectivity index (χ3n) is 4.29. The molecule has 0 saturated carbocycles. The van der Waals surface area contributed by atoms with Gasteiger partial charge in [-0.2, -0.15) is 0 Å². The maximum Gasteiger partial charge on any atom is 0.258 e. The minimum atomic E-state index is -3.45. The van der Waals surface area contributed by atoms with Crippen LogP contribution in [-0.4, -0.2) is 57.0 Å². The van der Waals surface area contributed by atoms with Gasteiger partial charge in [-0.15, -0.1) is 15.7 Å². The van der Waals surface area contributed by atoms with Crippen LogP contribution >= 0.6 is 11.3 Å². The molecule has 1 aromatic carbocycles. The molecule has 0 fully saturated rings. The summed E-state index contributed by atoms with van der Waals surface area (Å²) >= 11 is 1.25. The largest absolute Gasteiger partial charge is 0.330 e. The number of carbonyl (C=O) groups is 1. The lowest BCUT2D eigenvalue weighted by atomic mass is 10.1. The van der Waals surface area contributed by atoms with E-state index in [2.05, 4.69) is 19.4 Å². The van der Waals surface area contributed by atoms with Crippen molar-refractivity contribution in [2.45, 2.75) is 0 Å². The van der Waals surface area contributed by atoms with Crippen LogP contribution in [0.25, 0.3) is 11.3 Å². The van der Waals surface area contributed by atoms with Gasteiger partial charge in [0.2, 0.25) is 10.0 Å². The molecule has 2 aliphatic heterocycles. The van der Waals surface area contributed by atoms with Crippen LogP contribution < -0.4 is 10.0 Å². The Kier molecular flexibility index (Phi) is 5.41.